The first-order chi connectivity index (χ1) is 11.5. The van der Waals surface area contributed by atoms with E-state index in [0.717, 1.165) is 5.56 Å². The van der Waals surface area contributed by atoms with E-state index in [0.29, 0.717) is 11.5 Å². The third-order valence-corrected chi connectivity index (χ3v) is 4.11. The van der Waals surface area contributed by atoms with E-state index in [-0.39, 0.29) is 29.1 Å². The molecule has 0 atom stereocenters. The lowest BCUT2D eigenvalue weighted by molar-refractivity contribution is -0.136. The molecule has 2 N–H and O–H groups in total. The van der Waals surface area contributed by atoms with Crippen LogP contribution in [0.5, 0.6) is 11.5 Å². The van der Waals surface area contributed by atoms with E-state index in [1.807, 2.05) is 0 Å². The van der Waals surface area contributed by atoms with Crippen LogP contribution < -0.4 is 20.1 Å². The van der Waals surface area contributed by atoms with E-state index < -0.39 is 11.8 Å². The van der Waals surface area contributed by atoms with Gasteiger partial charge in [-0.2, -0.15) is 0 Å². The van der Waals surface area contributed by atoms with Crippen molar-refractivity contribution in [2.24, 2.45) is 0 Å². The summed E-state index contributed by atoms with van der Waals surface area (Å²) >= 11 is 11.8. The molecule has 124 valence electrons. The molecule has 1 aliphatic rings. The smallest absolute Gasteiger partial charge is 0.313 e. The summed E-state index contributed by atoms with van der Waals surface area (Å²) in [6, 6.07) is 10.0. The zero-order valence-corrected chi connectivity index (χ0v) is 13.8. The maximum Gasteiger partial charge on any atom is 0.313 e. The molecule has 0 radical (unpaired) electrons. The normalized spacial score (nSPS) is 11.9. The minimum Gasteiger partial charge on any atom is -0.454 e. The molecule has 8 heteroatoms. The van der Waals surface area contributed by atoms with Gasteiger partial charge in [0, 0.05) is 6.54 Å². The molecule has 0 spiro atoms. The van der Waals surface area contributed by atoms with Crippen LogP contribution in [0.4, 0.5) is 5.69 Å². The zero-order valence-electron chi connectivity index (χ0n) is 12.3. The average molecular weight is 367 g/mol. The highest BCUT2D eigenvalue weighted by atomic mass is 35.5. The molecule has 0 bridgehead atoms. The van der Waals surface area contributed by atoms with Crippen molar-refractivity contribution in [1.29, 1.82) is 0 Å². The first-order valence-corrected chi connectivity index (χ1v) is 7.72. The summed E-state index contributed by atoms with van der Waals surface area (Å²) in [4.78, 5) is 23.8. The van der Waals surface area contributed by atoms with Crippen LogP contribution in [-0.2, 0) is 16.1 Å². The second kappa shape index (κ2) is 6.98. The Morgan fingerprint density at radius 1 is 1.04 bits per heavy atom. The fourth-order valence-electron chi connectivity index (χ4n) is 2.09. The first kappa shape index (κ1) is 16.4. The largest absolute Gasteiger partial charge is 0.454 e. The minimum atomic E-state index is -0.833. The molecule has 0 saturated heterocycles. The molecule has 1 heterocycles. The van der Waals surface area contributed by atoms with Crippen molar-refractivity contribution < 1.29 is 19.1 Å². The second-order valence-electron chi connectivity index (χ2n) is 4.93. The van der Waals surface area contributed by atoms with E-state index in [4.69, 9.17) is 32.7 Å². The predicted octanol–water partition coefficient (Wildman–Crippen LogP) is 2.98. The fourth-order valence-corrected chi connectivity index (χ4v) is 2.44. The molecule has 0 saturated carbocycles. The predicted molar refractivity (Wildman–Crippen MR) is 89.5 cm³/mol. The molecular formula is C16H12Cl2N2O4. The van der Waals surface area contributed by atoms with Gasteiger partial charge in [0.1, 0.15) is 0 Å². The minimum absolute atomic E-state index is 0.173. The number of carbonyl (C=O) groups is 2. The Bertz CT molecular complexity index is 811. The summed E-state index contributed by atoms with van der Waals surface area (Å²) in [6.45, 7) is 0.347. The molecule has 3 rings (SSSR count). The van der Waals surface area contributed by atoms with Gasteiger partial charge in [-0.3, -0.25) is 9.59 Å². The Morgan fingerprint density at radius 3 is 2.67 bits per heavy atom. The van der Waals surface area contributed by atoms with Crippen molar-refractivity contribution in [3.8, 4) is 11.5 Å². The van der Waals surface area contributed by atoms with Crippen molar-refractivity contribution in [2.45, 2.75) is 6.54 Å². The number of fused-ring (bicyclic) bond motifs is 1. The molecular weight excluding hydrogens is 355 g/mol. The second-order valence-corrected chi connectivity index (χ2v) is 5.71. The highest BCUT2D eigenvalue weighted by molar-refractivity contribution is 6.45. The van der Waals surface area contributed by atoms with E-state index in [1.54, 1.807) is 36.4 Å². The topological polar surface area (TPSA) is 76.7 Å². The molecule has 24 heavy (non-hydrogen) atoms. The Balaban J connectivity index is 1.58. The third kappa shape index (κ3) is 3.55. The quantitative estimate of drug-likeness (QED) is 0.818. The number of halogens is 2. The number of hydrogen-bond acceptors (Lipinski definition) is 4. The SMILES string of the molecule is O=C(NCc1ccc2c(c1)OCO2)C(=O)Nc1cccc(Cl)c1Cl. The van der Waals surface area contributed by atoms with Crippen LogP contribution in [0.15, 0.2) is 36.4 Å². The summed E-state index contributed by atoms with van der Waals surface area (Å²) < 4.78 is 10.5. The highest BCUT2D eigenvalue weighted by Gasteiger charge is 2.17. The van der Waals surface area contributed by atoms with Crippen molar-refractivity contribution >= 4 is 40.7 Å². The molecule has 1 aliphatic heterocycles. The van der Waals surface area contributed by atoms with E-state index >= 15 is 0 Å². The van der Waals surface area contributed by atoms with Gasteiger partial charge in [0.05, 0.1) is 15.7 Å². The van der Waals surface area contributed by atoms with Crippen LogP contribution in [0.2, 0.25) is 10.0 Å². The van der Waals surface area contributed by atoms with Gasteiger partial charge >= 0.3 is 11.8 Å². The molecule has 2 aromatic rings. The molecule has 2 amide bonds. The van der Waals surface area contributed by atoms with Crippen LogP contribution in [0.25, 0.3) is 0 Å². The van der Waals surface area contributed by atoms with Gasteiger partial charge in [-0.25, -0.2) is 0 Å². The maximum absolute atomic E-state index is 11.9. The number of rotatable bonds is 3. The van der Waals surface area contributed by atoms with Crippen LogP contribution in [0.1, 0.15) is 5.56 Å². The Hall–Kier alpha value is -2.44. The van der Waals surface area contributed by atoms with Crippen molar-refractivity contribution in [3.63, 3.8) is 0 Å². The van der Waals surface area contributed by atoms with Gasteiger partial charge in [0.2, 0.25) is 6.79 Å². The van der Waals surface area contributed by atoms with Gasteiger partial charge in [-0.1, -0.05) is 35.3 Å². The fraction of sp³-hybridized carbons (Fsp3) is 0.125. The summed E-state index contributed by atoms with van der Waals surface area (Å²) in [5, 5.41) is 5.40. The number of nitrogens with one attached hydrogen (secondary N) is 2. The van der Waals surface area contributed by atoms with Gasteiger partial charge in [-0.15, -0.1) is 0 Å². The maximum atomic E-state index is 11.9. The Labute approximate surface area is 147 Å². The molecule has 2 aromatic carbocycles. The Morgan fingerprint density at radius 2 is 1.83 bits per heavy atom. The average Bonchev–Trinajstić information content (AvgIpc) is 3.04. The molecule has 6 nitrogen and oxygen atoms in total. The standard InChI is InChI=1S/C16H12Cl2N2O4/c17-10-2-1-3-11(14(10)18)20-16(22)15(21)19-7-9-4-5-12-13(6-9)24-8-23-12/h1-6H,7-8H2,(H,19,21)(H,20,22). The number of hydrogen-bond donors (Lipinski definition) is 2. The van der Waals surface area contributed by atoms with Gasteiger partial charge < -0.3 is 20.1 Å². The molecule has 0 aromatic heterocycles. The lowest BCUT2D eigenvalue weighted by Gasteiger charge is -2.09. The van der Waals surface area contributed by atoms with Crippen molar-refractivity contribution in [1.82, 2.24) is 5.32 Å². The molecule has 0 unspecified atom stereocenters. The molecule has 0 aliphatic carbocycles. The van der Waals surface area contributed by atoms with Crippen molar-refractivity contribution in [3.05, 3.63) is 52.0 Å². The van der Waals surface area contributed by atoms with E-state index in [2.05, 4.69) is 10.6 Å². The van der Waals surface area contributed by atoms with E-state index in [9.17, 15) is 9.59 Å². The van der Waals surface area contributed by atoms with Gasteiger partial charge in [0.15, 0.2) is 11.5 Å². The van der Waals surface area contributed by atoms with Crippen LogP contribution >= 0.6 is 23.2 Å². The third-order valence-electron chi connectivity index (χ3n) is 3.30. The first-order valence-electron chi connectivity index (χ1n) is 6.96. The van der Waals surface area contributed by atoms with Crippen LogP contribution in [0.3, 0.4) is 0 Å². The monoisotopic (exact) mass is 366 g/mol. The lowest BCUT2D eigenvalue weighted by atomic mass is 10.2. The number of ether oxygens (including phenoxy) is 2. The van der Waals surface area contributed by atoms with Crippen LogP contribution in [-0.4, -0.2) is 18.6 Å². The molecule has 0 fully saturated rings. The zero-order chi connectivity index (χ0) is 17.1. The lowest BCUT2D eigenvalue weighted by Crippen LogP contribution is -2.35. The van der Waals surface area contributed by atoms with Crippen LogP contribution in [0, 0.1) is 0 Å². The summed E-state index contributed by atoms with van der Waals surface area (Å²) in [6.07, 6.45) is 0. The summed E-state index contributed by atoms with van der Waals surface area (Å²) in [5.74, 6) is -0.362. The highest BCUT2D eigenvalue weighted by Crippen LogP contribution is 2.32. The number of amides is 2. The number of carbonyl (C=O) groups excluding carboxylic acids is 2. The van der Waals surface area contributed by atoms with Gasteiger partial charge in [0.25, 0.3) is 0 Å². The van der Waals surface area contributed by atoms with E-state index in [1.165, 1.54) is 0 Å². The van der Waals surface area contributed by atoms with Crippen molar-refractivity contribution in [2.75, 3.05) is 12.1 Å². The Kier molecular flexibility index (Phi) is 4.78. The summed E-state index contributed by atoms with van der Waals surface area (Å²) in [5.41, 5.74) is 1.05. The number of anilines is 1. The summed E-state index contributed by atoms with van der Waals surface area (Å²) in [7, 11) is 0. The number of benzene rings is 2. The van der Waals surface area contributed by atoms with Gasteiger partial charge in [-0.05, 0) is 29.8 Å².